The van der Waals surface area contributed by atoms with Crippen LogP contribution in [0.2, 0.25) is 0 Å². The van der Waals surface area contributed by atoms with Crippen molar-refractivity contribution in [2.75, 3.05) is 0 Å². The molecule has 0 aliphatic heterocycles. The van der Waals surface area contributed by atoms with E-state index in [9.17, 15) is 39.6 Å². The standard InChI is InChI=1S/4C11H20O2.Zr/c4*1-10(2,3)8(12)7-9(13)11(4,5)6;/h4*7,12H,1-6H3;. The zero-order valence-corrected chi connectivity index (χ0v) is 40.7. The fraction of sp³-hybridized carbons (Fsp3) is 0.727. The molecule has 308 valence electrons. The molecule has 4 N–H and O–H groups in total. The van der Waals surface area contributed by atoms with Gasteiger partial charge in [0.25, 0.3) is 0 Å². The number of rotatable bonds is 4. The minimum absolute atomic E-state index is 0. The van der Waals surface area contributed by atoms with Crippen molar-refractivity contribution in [3.05, 3.63) is 47.3 Å². The maximum atomic E-state index is 11.5. The van der Waals surface area contributed by atoms with Crippen LogP contribution in [0.5, 0.6) is 0 Å². The summed E-state index contributed by atoms with van der Waals surface area (Å²) in [6, 6.07) is 0. The van der Waals surface area contributed by atoms with Gasteiger partial charge in [0, 0.05) is 93.8 Å². The van der Waals surface area contributed by atoms with Gasteiger partial charge in [0.2, 0.25) is 0 Å². The number of allylic oxidation sites excluding steroid dienone is 8. The van der Waals surface area contributed by atoms with Crippen molar-refractivity contribution in [3.8, 4) is 0 Å². The molecule has 0 heterocycles. The van der Waals surface area contributed by atoms with Crippen LogP contribution >= 0.6 is 0 Å². The number of hydrogen-bond acceptors (Lipinski definition) is 8. The van der Waals surface area contributed by atoms with E-state index in [1.165, 1.54) is 24.3 Å². The van der Waals surface area contributed by atoms with Gasteiger partial charge in [0.1, 0.15) is 23.0 Å². The maximum Gasteiger partial charge on any atom is 0.164 e. The van der Waals surface area contributed by atoms with Crippen molar-refractivity contribution in [2.24, 2.45) is 43.3 Å². The molecule has 8 nitrogen and oxygen atoms in total. The molecule has 0 aromatic carbocycles. The van der Waals surface area contributed by atoms with Gasteiger partial charge in [-0.1, -0.05) is 166 Å². The third-order valence-electron chi connectivity index (χ3n) is 7.10. The molecule has 0 saturated heterocycles. The van der Waals surface area contributed by atoms with Crippen molar-refractivity contribution in [1.82, 2.24) is 0 Å². The Morgan fingerprint density at radius 3 is 0.415 bits per heavy atom. The second kappa shape index (κ2) is 21.7. The molecule has 0 rings (SSSR count). The first kappa shape index (κ1) is 60.0. The fourth-order valence-corrected chi connectivity index (χ4v) is 2.23. The monoisotopic (exact) mass is 826 g/mol. The predicted octanol–water partition coefficient (Wildman–Crippen LogP) is 12.4. The van der Waals surface area contributed by atoms with Crippen molar-refractivity contribution < 1.29 is 65.8 Å². The van der Waals surface area contributed by atoms with Gasteiger partial charge in [-0.25, -0.2) is 0 Å². The van der Waals surface area contributed by atoms with Crippen molar-refractivity contribution in [2.45, 2.75) is 166 Å². The molecule has 0 unspecified atom stereocenters. The Morgan fingerprint density at radius 2 is 0.358 bits per heavy atom. The second-order valence-electron chi connectivity index (χ2n) is 21.6. The van der Waals surface area contributed by atoms with Crippen molar-refractivity contribution in [1.29, 1.82) is 0 Å². The molecule has 0 atom stereocenters. The van der Waals surface area contributed by atoms with Crippen LogP contribution in [-0.2, 0) is 45.4 Å². The molecule has 0 spiro atoms. The smallest absolute Gasteiger partial charge is 0.164 e. The van der Waals surface area contributed by atoms with E-state index < -0.39 is 21.7 Å². The Balaban J connectivity index is -0.000000192. The molecule has 0 radical (unpaired) electrons. The van der Waals surface area contributed by atoms with E-state index >= 15 is 0 Å². The molecule has 9 heteroatoms. The zero-order valence-electron chi connectivity index (χ0n) is 38.2. The van der Waals surface area contributed by atoms with Crippen LogP contribution in [0.15, 0.2) is 47.3 Å². The van der Waals surface area contributed by atoms with Gasteiger partial charge in [-0.15, -0.1) is 0 Å². The van der Waals surface area contributed by atoms with Gasteiger partial charge >= 0.3 is 0 Å². The first-order valence-corrected chi connectivity index (χ1v) is 18.0. The van der Waals surface area contributed by atoms with E-state index in [1.807, 2.05) is 166 Å². The summed E-state index contributed by atoms with van der Waals surface area (Å²) in [6.45, 7) is 44.5. The Labute approximate surface area is 344 Å². The second-order valence-corrected chi connectivity index (χ2v) is 21.6. The van der Waals surface area contributed by atoms with Gasteiger partial charge in [-0.05, 0) is 0 Å². The summed E-state index contributed by atoms with van der Waals surface area (Å²) < 4.78 is 0. The average molecular weight is 828 g/mol. The molecular weight excluding hydrogens is 748 g/mol. The molecule has 0 amide bonds. The largest absolute Gasteiger partial charge is 0.512 e. The van der Waals surface area contributed by atoms with Gasteiger partial charge in [0.05, 0.1) is 0 Å². The topological polar surface area (TPSA) is 149 Å². The summed E-state index contributed by atoms with van der Waals surface area (Å²) in [7, 11) is 0. The molecule has 0 aliphatic carbocycles. The molecule has 0 aromatic heterocycles. The summed E-state index contributed by atoms with van der Waals surface area (Å²) in [5.74, 6) is 0.416. The molecule has 0 aromatic rings. The van der Waals surface area contributed by atoms with Crippen LogP contribution in [-0.4, -0.2) is 43.6 Å². The molecule has 0 aliphatic rings. The Morgan fingerprint density at radius 1 is 0.264 bits per heavy atom. The van der Waals surface area contributed by atoms with E-state index in [1.54, 1.807) is 0 Å². The molecule has 0 fully saturated rings. The normalized spacial score (nSPS) is 14.2. The van der Waals surface area contributed by atoms with Crippen molar-refractivity contribution >= 4 is 23.1 Å². The zero-order chi connectivity index (χ0) is 43.4. The number of hydrogen-bond donors (Lipinski definition) is 4. The fourth-order valence-electron chi connectivity index (χ4n) is 2.23. The predicted molar refractivity (Wildman–Crippen MR) is 219 cm³/mol. The third kappa shape index (κ3) is 29.7. The minimum Gasteiger partial charge on any atom is -0.512 e. The van der Waals surface area contributed by atoms with Crippen LogP contribution in [0.1, 0.15) is 166 Å². The van der Waals surface area contributed by atoms with E-state index in [2.05, 4.69) is 0 Å². The first-order valence-electron chi connectivity index (χ1n) is 18.0. The van der Waals surface area contributed by atoms with Crippen LogP contribution in [0.4, 0.5) is 0 Å². The van der Waals surface area contributed by atoms with Crippen LogP contribution in [0.25, 0.3) is 0 Å². The van der Waals surface area contributed by atoms with Gasteiger partial charge in [-0.2, -0.15) is 0 Å². The maximum absolute atomic E-state index is 11.5. The number of carbonyl (C=O) groups is 4. The average Bonchev–Trinajstić information content (AvgIpc) is 2.85. The van der Waals surface area contributed by atoms with Crippen LogP contribution < -0.4 is 0 Å². The van der Waals surface area contributed by atoms with Crippen LogP contribution in [0.3, 0.4) is 0 Å². The van der Waals surface area contributed by atoms with Gasteiger partial charge in [0.15, 0.2) is 23.1 Å². The first-order chi connectivity index (χ1) is 22.2. The molecule has 53 heavy (non-hydrogen) atoms. The number of aliphatic hydroxyl groups is 4. The van der Waals surface area contributed by atoms with Gasteiger partial charge < -0.3 is 20.4 Å². The Hall–Kier alpha value is -2.28. The molecular formula is C44H80O8Zr. The summed E-state index contributed by atoms with van der Waals surface area (Å²) in [5.41, 5.74) is -3.06. The number of ketones is 4. The molecule has 0 saturated carbocycles. The summed E-state index contributed by atoms with van der Waals surface area (Å²) in [6.07, 6.45) is 5.33. The molecule has 0 bridgehead atoms. The minimum atomic E-state index is -0.417. The quantitative estimate of drug-likeness (QED) is 0.162. The van der Waals surface area contributed by atoms with Gasteiger partial charge in [-0.3, -0.25) is 19.2 Å². The van der Waals surface area contributed by atoms with Crippen LogP contribution in [0, 0.1) is 43.3 Å². The van der Waals surface area contributed by atoms with E-state index in [-0.39, 0.29) is 94.0 Å². The van der Waals surface area contributed by atoms with E-state index in [0.29, 0.717) is 0 Å². The van der Waals surface area contributed by atoms with E-state index in [0.717, 1.165) is 0 Å². The summed E-state index contributed by atoms with van der Waals surface area (Å²) in [4.78, 5) is 45.9. The summed E-state index contributed by atoms with van der Waals surface area (Å²) >= 11 is 0. The summed E-state index contributed by atoms with van der Waals surface area (Å²) in [5, 5.41) is 38.2. The Kier molecular flexibility index (Phi) is 24.6. The number of aliphatic hydroxyl groups excluding tert-OH is 4. The Bertz CT molecular complexity index is 1110. The van der Waals surface area contributed by atoms with Crippen molar-refractivity contribution in [3.63, 3.8) is 0 Å². The third-order valence-corrected chi connectivity index (χ3v) is 7.10. The van der Waals surface area contributed by atoms with E-state index in [4.69, 9.17) is 0 Å². The number of carbonyl (C=O) groups excluding carboxylic acids is 4. The SMILES string of the molecule is CC(C)(C)C(=O)C=C(O)C(C)(C)C.CC(C)(C)C(=O)C=C(O)C(C)(C)C.CC(C)(C)C(=O)C=C(O)C(C)(C)C.CC(C)(C)C(=O)C=C(O)C(C)(C)C.[Zr].